The maximum atomic E-state index is 13.2. The molecule has 2 aromatic carbocycles. The van der Waals surface area contributed by atoms with Gasteiger partial charge in [-0.25, -0.2) is 8.42 Å². The summed E-state index contributed by atoms with van der Waals surface area (Å²) in [6.45, 7) is 2.27. The molecular weight excluding hydrogens is 417 g/mol. The first kappa shape index (κ1) is 20.5. The van der Waals surface area contributed by atoms with E-state index in [-0.39, 0.29) is 16.6 Å². The monoisotopic (exact) mass is 432 g/mol. The fourth-order valence-electron chi connectivity index (χ4n) is 3.09. The number of nitrogens with zero attached hydrogens (tertiary/aromatic N) is 1. The molecule has 2 aromatic rings. The summed E-state index contributed by atoms with van der Waals surface area (Å²) in [5.41, 5.74) is 0.0231. The average molecular weight is 433 g/mol. The third-order valence-electron chi connectivity index (χ3n) is 4.35. The normalized spacial score (nSPS) is 15.2. The third-order valence-corrected chi connectivity index (χ3v) is 6.02. The molecule has 1 amide bonds. The van der Waals surface area contributed by atoms with E-state index in [0.29, 0.717) is 30.3 Å². The van der Waals surface area contributed by atoms with Gasteiger partial charge in [-0.15, -0.1) is 0 Å². The second-order valence-electron chi connectivity index (χ2n) is 6.39. The first-order valence-corrected chi connectivity index (χ1v) is 10.2. The SMILES string of the molecule is Cc1cc(NS(=O)(=O)c2ccc(Cl)cc2C(F)(F)F)ccc1N1CCCC1=O. The number of carbonyl (C=O) groups excluding carboxylic acids is 1. The highest BCUT2D eigenvalue weighted by atomic mass is 35.5. The van der Waals surface area contributed by atoms with Crippen molar-refractivity contribution in [1.29, 1.82) is 0 Å². The number of anilines is 2. The standard InChI is InChI=1S/C18H16ClF3N2O3S/c1-11-9-13(5-6-15(11)24-8-2-3-17(24)25)23-28(26,27)16-7-4-12(19)10-14(16)18(20,21)22/h4-7,9-10,23H,2-3,8H2,1H3. The zero-order chi connectivity index (χ0) is 20.7. The highest BCUT2D eigenvalue weighted by Gasteiger charge is 2.37. The first-order valence-electron chi connectivity index (χ1n) is 8.29. The number of nitrogens with one attached hydrogen (secondary N) is 1. The Labute approximate surface area is 165 Å². The van der Waals surface area contributed by atoms with Crippen molar-refractivity contribution in [3.8, 4) is 0 Å². The minimum atomic E-state index is -4.88. The van der Waals surface area contributed by atoms with Gasteiger partial charge in [0, 0.05) is 29.4 Å². The van der Waals surface area contributed by atoms with Crippen LogP contribution in [0.3, 0.4) is 0 Å². The van der Waals surface area contributed by atoms with E-state index in [1.807, 2.05) is 0 Å². The van der Waals surface area contributed by atoms with Crippen LogP contribution in [0.15, 0.2) is 41.3 Å². The Morgan fingerprint density at radius 2 is 1.86 bits per heavy atom. The lowest BCUT2D eigenvalue weighted by Crippen LogP contribution is -2.24. The highest BCUT2D eigenvalue weighted by Crippen LogP contribution is 2.37. The lowest BCUT2D eigenvalue weighted by atomic mass is 10.1. The molecule has 3 rings (SSSR count). The Morgan fingerprint density at radius 1 is 1.14 bits per heavy atom. The van der Waals surface area contributed by atoms with E-state index >= 15 is 0 Å². The van der Waals surface area contributed by atoms with Gasteiger partial charge in [-0.05, 0) is 55.3 Å². The summed E-state index contributed by atoms with van der Waals surface area (Å²) in [6.07, 6.45) is -3.70. The second-order valence-corrected chi connectivity index (χ2v) is 8.48. The first-order chi connectivity index (χ1) is 13.0. The summed E-state index contributed by atoms with van der Waals surface area (Å²) < 4.78 is 67.0. The van der Waals surface area contributed by atoms with E-state index in [1.54, 1.807) is 17.9 Å². The van der Waals surface area contributed by atoms with E-state index in [9.17, 15) is 26.4 Å². The van der Waals surface area contributed by atoms with Crippen molar-refractivity contribution < 1.29 is 26.4 Å². The lowest BCUT2D eigenvalue weighted by molar-refractivity contribution is -0.139. The number of sulfonamides is 1. The van der Waals surface area contributed by atoms with Crippen molar-refractivity contribution in [3.05, 3.63) is 52.5 Å². The predicted molar refractivity (Wildman–Crippen MR) is 100 cm³/mol. The van der Waals surface area contributed by atoms with Gasteiger partial charge < -0.3 is 4.90 Å². The summed E-state index contributed by atoms with van der Waals surface area (Å²) in [6, 6.07) is 6.93. The molecule has 1 aliphatic heterocycles. The predicted octanol–water partition coefficient (Wildman–Crippen LogP) is 4.59. The van der Waals surface area contributed by atoms with Gasteiger partial charge in [0.05, 0.1) is 10.5 Å². The lowest BCUT2D eigenvalue weighted by Gasteiger charge is -2.20. The van der Waals surface area contributed by atoms with Crippen molar-refractivity contribution in [1.82, 2.24) is 0 Å². The molecule has 1 saturated heterocycles. The van der Waals surface area contributed by atoms with E-state index in [1.165, 1.54) is 12.1 Å². The summed E-state index contributed by atoms with van der Waals surface area (Å²) in [4.78, 5) is 12.6. The Morgan fingerprint density at radius 3 is 2.43 bits per heavy atom. The van der Waals surface area contributed by atoms with Crippen LogP contribution in [0.1, 0.15) is 24.0 Å². The number of benzene rings is 2. The van der Waals surface area contributed by atoms with E-state index in [4.69, 9.17) is 11.6 Å². The van der Waals surface area contributed by atoms with Gasteiger partial charge in [-0.2, -0.15) is 13.2 Å². The van der Waals surface area contributed by atoms with Crippen molar-refractivity contribution in [2.75, 3.05) is 16.2 Å². The van der Waals surface area contributed by atoms with Crippen LogP contribution in [-0.2, 0) is 21.0 Å². The number of hydrogen-bond acceptors (Lipinski definition) is 3. The van der Waals surface area contributed by atoms with Crippen LogP contribution in [0.5, 0.6) is 0 Å². The number of carbonyl (C=O) groups is 1. The summed E-state index contributed by atoms with van der Waals surface area (Å²) in [5, 5.41) is -0.221. The molecule has 28 heavy (non-hydrogen) atoms. The zero-order valence-electron chi connectivity index (χ0n) is 14.7. The molecule has 1 N–H and O–H groups in total. The van der Waals surface area contributed by atoms with Gasteiger partial charge in [-0.1, -0.05) is 11.6 Å². The number of aryl methyl sites for hydroxylation is 1. The van der Waals surface area contributed by atoms with Crippen LogP contribution < -0.4 is 9.62 Å². The Bertz CT molecular complexity index is 1040. The highest BCUT2D eigenvalue weighted by molar-refractivity contribution is 7.92. The summed E-state index contributed by atoms with van der Waals surface area (Å²) >= 11 is 5.60. The number of rotatable bonds is 4. The van der Waals surface area contributed by atoms with Crippen molar-refractivity contribution in [2.45, 2.75) is 30.8 Å². The Kier molecular flexibility index (Phi) is 5.33. The van der Waals surface area contributed by atoms with Gasteiger partial charge in [0.25, 0.3) is 10.0 Å². The van der Waals surface area contributed by atoms with Crippen LogP contribution in [0.25, 0.3) is 0 Å². The smallest absolute Gasteiger partial charge is 0.312 e. The molecule has 0 unspecified atom stereocenters. The number of amides is 1. The van der Waals surface area contributed by atoms with E-state index in [2.05, 4.69) is 4.72 Å². The molecule has 0 aromatic heterocycles. The molecule has 0 aliphatic carbocycles. The van der Waals surface area contributed by atoms with Crippen LogP contribution in [0, 0.1) is 6.92 Å². The molecule has 0 atom stereocenters. The minimum absolute atomic E-state index is 0.0209. The van der Waals surface area contributed by atoms with E-state index < -0.39 is 26.7 Å². The fourth-order valence-corrected chi connectivity index (χ4v) is 4.52. The molecule has 0 spiro atoms. The molecule has 0 radical (unpaired) electrons. The molecule has 5 nitrogen and oxygen atoms in total. The number of halogens is 4. The van der Waals surface area contributed by atoms with Gasteiger partial charge in [0.1, 0.15) is 0 Å². The van der Waals surface area contributed by atoms with Crippen LogP contribution >= 0.6 is 11.6 Å². The molecule has 150 valence electrons. The van der Waals surface area contributed by atoms with Crippen LogP contribution in [0.4, 0.5) is 24.5 Å². The molecule has 0 bridgehead atoms. The van der Waals surface area contributed by atoms with Gasteiger partial charge >= 0.3 is 6.18 Å². The average Bonchev–Trinajstić information content (AvgIpc) is 2.99. The number of alkyl halides is 3. The van der Waals surface area contributed by atoms with Crippen LogP contribution in [-0.4, -0.2) is 20.9 Å². The molecule has 0 saturated carbocycles. The van der Waals surface area contributed by atoms with Gasteiger partial charge in [0.2, 0.25) is 5.91 Å². The molecule has 10 heteroatoms. The fraction of sp³-hybridized carbons (Fsp3) is 0.278. The van der Waals surface area contributed by atoms with Crippen molar-refractivity contribution in [3.63, 3.8) is 0 Å². The van der Waals surface area contributed by atoms with Crippen molar-refractivity contribution >= 4 is 38.9 Å². The van der Waals surface area contributed by atoms with Crippen molar-refractivity contribution in [2.24, 2.45) is 0 Å². The molecular formula is C18H16ClF3N2O3S. The zero-order valence-corrected chi connectivity index (χ0v) is 16.2. The number of hydrogen-bond donors (Lipinski definition) is 1. The largest absolute Gasteiger partial charge is 0.417 e. The van der Waals surface area contributed by atoms with Crippen LogP contribution in [0.2, 0.25) is 5.02 Å². The maximum absolute atomic E-state index is 13.2. The molecule has 1 aliphatic rings. The summed E-state index contributed by atoms with van der Waals surface area (Å²) in [5.74, 6) is -0.0209. The van der Waals surface area contributed by atoms with Gasteiger partial charge in [-0.3, -0.25) is 9.52 Å². The minimum Gasteiger partial charge on any atom is -0.312 e. The molecule has 1 heterocycles. The quantitative estimate of drug-likeness (QED) is 0.768. The molecule has 1 fully saturated rings. The topological polar surface area (TPSA) is 66.5 Å². The summed E-state index contributed by atoms with van der Waals surface area (Å²) in [7, 11) is -4.51. The Balaban J connectivity index is 1.94. The maximum Gasteiger partial charge on any atom is 0.417 e. The van der Waals surface area contributed by atoms with Gasteiger partial charge in [0.15, 0.2) is 0 Å². The Hall–Kier alpha value is -2.26. The second kappa shape index (κ2) is 7.29. The third kappa shape index (κ3) is 4.10. The van der Waals surface area contributed by atoms with E-state index in [0.717, 1.165) is 18.6 Å².